The van der Waals surface area contributed by atoms with E-state index in [1.165, 1.54) is 9.18 Å². The lowest BCUT2D eigenvalue weighted by Crippen LogP contribution is -2.45. The molecule has 1 amide bonds. The van der Waals surface area contributed by atoms with Crippen molar-refractivity contribution in [3.8, 4) is 0 Å². The third-order valence-electron chi connectivity index (χ3n) is 3.23. The van der Waals surface area contributed by atoms with Crippen LogP contribution in [0.15, 0.2) is 15.9 Å². The largest absolute Gasteiger partial charge is 0.354 e. The van der Waals surface area contributed by atoms with E-state index in [1.54, 1.807) is 11.3 Å². The van der Waals surface area contributed by atoms with Crippen LogP contribution in [0.5, 0.6) is 0 Å². The van der Waals surface area contributed by atoms with Gasteiger partial charge >= 0.3 is 0 Å². The molecular weight excluding hydrogens is 364 g/mol. The lowest BCUT2D eigenvalue weighted by molar-refractivity contribution is -0.124. The lowest BCUT2D eigenvalue weighted by Gasteiger charge is -2.21. The molecule has 0 radical (unpaired) electrons. The summed E-state index contributed by atoms with van der Waals surface area (Å²) in [5.41, 5.74) is 0. The summed E-state index contributed by atoms with van der Waals surface area (Å²) in [5.74, 6) is -0.191. The Morgan fingerprint density at radius 3 is 2.90 bits per heavy atom. The van der Waals surface area contributed by atoms with Crippen molar-refractivity contribution < 1.29 is 13.2 Å². The molecule has 5 nitrogen and oxygen atoms in total. The molecular formula is C12H17BrN2O3S2. The van der Waals surface area contributed by atoms with Gasteiger partial charge in [-0.15, -0.1) is 11.3 Å². The highest BCUT2D eigenvalue weighted by Crippen LogP contribution is 2.22. The van der Waals surface area contributed by atoms with Gasteiger partial charge in [0, 0.05) is 18.0 Å². The van der Waals surface area contributed by atoms with Crippen molar-refractivity contribution >= 4 is 43.2 Å². The van der Waals surface area contributed by atoms with Gasteiger partial charge in [-0.25, -0.2) is 8.42 Å². The zero-order chi connectivity index (χ0) is 14.8. The van der Waals surface area contributed by atoms with Gasteiger partial charge in [0.05, 0.1) is 10.0 Å². The van der Waals surface area contributed by atoms with Crippen LogP contribution in [-0.2, 0) is 21.2 Å². The number of nitrogens with zero attached hydrogens (tertiary/aromatic N) is 1. The van der Waals surface area contributed by atoms with Crippen molar-refractivity contribution in [1.29, 1.82) is 0 Å². The second-order valence-corrected chi connectivity index (χ2v) is 9.26. The van der Waals surface area contributed by atoms with Gasteiger partial charge in [0.1, 0.15) is 6.04 Å². The number of sulfonamides is 1. The first-order valence-corrected chi connectivity index (χ1v) is 9.82. The zero-order valence-corrected chi connectivity index (χ0v) is 14.4. The minimum absolute atomic E-state index is 0.191. The quantitative estimate of drug-likeness (QED) is 0.843. The summed E-state index contributed by atoms with van der Waals surface area (Å²) >= 11 is 5.03. The molecule has 0 spiro atoms. The molecule has 1 saturated heterocycles. The summed E-state index contributed by atoms with van der Waals surface area (Å²) in [5, 5.41) is 2.83. The molecule has 0 aromatic carbocycles. The Bertz CT molecular complexity index is 585. The number of halogens is 1. The molecule has 1 aliphatic rings. The fourth-order valence-corrected chi connectivity index (χ4v) is 4.92. The maximum Gasteiger partial charge on any atom is 0.238 e. The van der Waals surface area contributed by atoms with Gasteiger partial charge in [-0.1, -0.05) is 0 Å². The van der Waals surface area contributed by atoms with Crippen molar-refractivity contribution in [3.05, 3.63) is 20.8 Å². The van der Waals surface area contributed by atoms with Crippen LogP contribution < -0.4 is 5.32 Å². The summed E-state index contributed by atoms with van der Waals surface area (Å²) in [6.07, 6.45) is 3.25. The predicted octanol–water partition coefficient (Wildman–Crippen LogP) is 1.59. The Morgan fingerprint density at radius 2 is 2.30 bits per heavy atom. The fraction of sp³-hybridized carbons (Fsp3) is 0.583. The Hall–Kier alpha value is -0.440. The molecule has 1 fully saturated rings. The number of carbonyl (C=O) groups is 1. The van der Waals surface area contributed by atoms with Crippen molar-refractivity contribution in [3.63, 3.8) is 0 Å². The van der Waals surface area contributed by atoms with E-state index in [0.717, 1.165) is 22.9 Å². The number of carbonyl (C=O) groups excluding carboxylic acids is 1. The van der Waals surface area contributed by atoms with E-state index in [9.17, 15) is 13.2 Å². The predicted molar refractivity (Wildman–Crippen MR) is 83.3 cm³/mol. The highest BCUT2D eigenvalue weighted by Gasteiger charge is 2.36. The molecule has 1 aromatic rings. The van der Waals surface area contributed by atoms with Gasteiger partial charge in [-0.3, -0.25) is 4.79 Å². The van der Waals surface area contributed by atoms with Gasteiger partial charge < -0.3 is 5.32 Å². The Balaban J connectivity index is 1.85. The molecule has 0 aliphatic carbocycles. The number of rotatable bonds is 5. The highest BCUT2D eigenvalue weighted by molar-refractivity contribution is 9.11. The topological polar surface area (TPSA) is 66.5 Å². The first-order valence-electron chi connectivity index (χ1n) is 6.36. The normalized spacial score (nSPS) is 20.2. The molecule has 0 bridgehead atoms. The number of nitrogens with one attached hydrogen (secondary N) is 1. The van der Waals surface area contributed by atoms with Gasteiger partial charge in [0.2, 0.25) is 15.9 Å². The van der Waals surface area contributed by atoms with E-state index in [1.807, 2.05) is 12.1 Å². The molecule has 1 atom stereocenters. The van der Waals surface area contributed by atoms with Crippen molar-refractivity contribution in [1.82, 2.24) is 9.62 Å². The second-order valence-electron chi connectivity index (χ2n) is 4.78. The van der Waals surface area contributed by atoms with Gasteiger partial charge in [0.25, 0.3) is 0 Å². The van der Waals surface area contributed by atoms with Crippen LogP contribution >= 0.6 is 27.3 Å². The number of thiophene rings is 1. The van der Waals surface area contributed by atoms with Crippen molar-refractivity contribution in [2.75, 3.05) is 19.3 Å². The lowest BCUT2D eigenvalue weighted by atomic mass is 10.2. The summed E-state index contributed by atoms with van der Waals surface area (Å²) in [6, 6.07) is 3.45. The molecule has 1 unspecified atom stereocenters. The van der Waals surface area contributed by atoms with Gasteiger partial charge in [-0.2, -0.15) is 4.31 Å². The first-order chi connectivity index (χ1) is 9.38. The minimum atomic E-state index is -3.30. The number of amides is 1. The van der Waals surface area contributed by atoms with Crippen LogP contribution in [0, 0.1) is 0 Å². The van der Waals surface area contributed by atoms with Crippen LogP contribution in [0.25, 0.3) is 0 Å². The van der Waals surface area contributed by atoms with E-state index < -0.39 is 16.1 Å². The highest BCUT2D eigenvalue weighted by atomic mass is 79.9. The maximum atomic E-state index is 12.1. The SMILES string of the molecule is CS(=O)(=O)N1CCCC1C(=O)NCCc1ccc(Br)s1. The molecule has 112 valence electrons. The summed E-state index contributed by atoms with van der Waals surface area (Å²) in [6.45, 7) is 0.967. The average Bonchev–Trinajstić information content (AvgIpc) is 2.96. The van der Waals surface area contributed by atoms with E-state index in [2.05, 4.69) is 21.2 Å². The second kappa shape index (κ2) is 6.55. The summed E-state index contributed by atoms with van der Waals surface area (Å²) in [4.78, 5) is 13.3. The molecule has 8 heteroatoms. The third-order valence-corrected chi connectivity index (χ3v) is 6.20. The van der Waals surface area contributed by atoms with Crippen molar-refractivity contribution in [2.24, 2.45) is 0 Å². The molecule has 1 aliphatic heterocycles. The van der Waals surface area contributed by atoms with Crippen LogP contribution in [0.3, 0.4) is 0 Å². The average molecular weight is 381 g/mol. The molecule has 1 N–H and O–H groups in total. The van der Waals surface area contributed by atoms with Crippen LogP contribution in [-0.4, -0.2) is 44.0 Å². The zero-order valence-electron chi connectivity index (χ0n) is 11.1. The smallest absolute Gasteiger partial charge is 0.238 e. The van der Waals surface area contributed by atoms with E-state index in [-0.39, 0.29) is 5.91 Å². The van der Waals surface area contributed by atoms with Gasteiger partial charge in [0.15, 0.2) is 0 Å². The van der Waals surface area contributed by atoms with Crippen LogP contribution in [0.2, 0.25) is 0 Å². The Labute approximate surface area is 131 Å². The Kier molecular flexibility index (Phi) is 5.22. The number of hydrogen-bond donors (Lipinski definition) is 1. The molecule has 1 aromatic heterocycles. The molecule has 2 rings (SSSR count). The third kappa shape index (κ3) is 4.03. The van der Waals surface area contributed by atoms with Gasteiger partial charge in [-0.05, 0) is 47.3 Å². The maximum absolute atomic E-state index is 12.1. The Morgan fingerprint density at radius 1 is 1.55 bits per heavy atom. The van der Waals surface area contributed by atoms with E-state index >= 15 is 0 Å². The summed E-state index contributed by atoms with van der Waals surface area (Å²) in [7, 11) is -3.30. The fourth-order valence-electron chi connectivity index (χ4n) is 2.31. The van der Waals surface area contributed by atoms with E-state index in [4.69, 9.17) is 0 Å². The minimum Gasteiger partial charge on any atom is -0.354 e. The van der Waals surface area contributed by atoms with Crippen LogP contribution in [0.1, 0.15) is 17.7 Å². The molecule has 0 saturated carbocycles. The van der Waals surface area contributed by atoms with Crippen LogP contribution in [0.4, 0.5) is 0 Å². The first kappa shape index (κ1) is 15.9. The van der Waals surface area contributed by atoms with E-state index in [0.29, 0.717) is 19.5 Å². The standard InChI is InChI=1S/C12H17BrN2O3S2/c1-20(17,18)15-8-2-3-10(15)12(16)14-7-6-9-4-5-11(13)19-9/h4-5,10H,2-3,6-8H2,1H3,(H,14,16). The summed E-state index contributed by atoms with van der Waals surface area (Å²) < 4.78 is 25.5. The molecule has 20 heavy (non-hydrogen) atoms. The van der Waals surface area contributed by atoms with Crippen molar-refractivity contribution in [2.45, 2.75) is 25.3 Å². The monoisotopic (exact) mass is 380 g/mol. The molecule has 2 heterocycles. The number of hydrogen-bond acceptors (Lipinski definition) is 4.